The second-order valence-corrected chi connectivity index (χ2v) is 4.17. The van der Waals surface area contributed by atoms with Gasteiger partial charge < -0.3 is 0 Å². The Balaban J connectivity index is 2.55. The van der Waals surface area contributed by atoms with Crippen molar-refractivity contribution >= 4 is 11.6 Å². The summed E-state index contributed by atoms with van der Waals surface area (Å²) in [7, 11) is 0. The zero-order chi connectivity index (χ0) is 13.3. The first-order valence-electron chi connectivity index (χ1n) is 5.00. The highest BCUT2D eigenvalue weighted by atomic mass is 35.5. The lowest BCUT2D eigenvalue weighted by molar-refractivity contribution is -0.137. The van der Waals surface area contributed by atoms with E-state index in [2.05, 4.69) is 0 Å². The van der Waals surface area contributed by atoms with Crippen molar-refractivity contribution in [3.8, 4) is 11.1 Å². The molecule has 0 amide bonds. The Morgan fingerprint density at radius 3 is 2.22 bits per heavy atom. The Kier molecular flexibility index (Phi) is 3.30. The van der Waals surface area contributed by atoms with Gasteiger partial charge in [0.1, 0.15) is 5.82 Å². The first-order valence-corrected chi connectivity index (χ1v) is 5.38. The number of hydrogen-bond donors (Lipinski definition) is 0. The maximum atomic E-state index is 13.0. The van der Waals surface area contributed by atoms with E-state index in [1.165, 1.54) is 24.3 Å². The van der Waals surface area contributed by atoms with Gasteiger partial charge in [0.25, 0.3) is 0 Å². The van der Waals surface area contributed by atoms with Crippen molar-refractivity contribution in [2.24, 2.45) is 0 Å². The Hall–Kier alpha value is -1.55. The molecular formula is C13H7ClF4. The fourth-order valence-corrected chi connectivity index (χ4v) is 1.82. The predicted molar refractivity (Wildman–Crippen MR) is 61.8 cm³/mol. The Morgan fingerprint density at radius 2 is 1.61 bits per heavy atom. The molecule has 0 aromatic heterocycles. The number of halogens is 5. The van der Waals surface area contributed by atoms with Gasteiger partial charge in [-0.25, -0.2) is 4.39 Å². The summed E-state index contributed by atoms with van der Waals surface area (Å²) in [6.07, 6.45) is -4.48. The van der Waals surface area contributed by atoms with E-state index in [0.29, 0.717) is 5.56 Å². The molecule has 0 nitrogen and oxygen atoms in total. The second-order valence-electron chi connectivity index (χ2n) is 3.74. The van der Waals surface area contributed by atoms with Crippen molar-refractivity contribution in [3.63, 3.8) is 0 Å². The van der Waals surface area contributed by atoms with E-state index >= 15 is 0 Å². The van der Waals surface area contributed by atoms with Crippen LogP contribution in [0.2, 0.25) is 5.02 Å². The molecule has 0 unspecified atom stereocenters. The monoisotopic (exact) mass is 274 g/mol. The van der Waals surface area contributed by atoms with Crippen molar-refractivity contribution in [1.82, 2.24) is 0 Å². The Bertz CT molecular complexity index is 575. The summed E-state index contributed by atoms with van der Waals surface area (Å²) < 4.78 is 50.9. The van der Waals surface area contributed by atoms with Crippen LogP contribution >= 0.6 is 11.6 Å². The summed E-state index contributed by atoms with van der Waals surface area (Å²) in [5.74, 6) is -0.513. The standard InChI is InChI=1S/C13H7ClF4/c14-11-5-9(4-10(7-11)13(16,17)18)8-2-1-3-12(15)6-8/h1-7H. The first-order chi connectivity index (χ1) is 8.36. The van der Waals surface area contributed by atoms with Gasteiger partial charge in [0.2, 0.25) is 0 Å². The zero-order valence-corrected chi connectivity index (χ0v) is 9.69. The second kappa shape index (κ2) is 4.61. The molecule has 0 N–H and O–H groups in total. The highest BCUT2D eigenvalue weighted by Gasteiger charge is 2.31. The molecule has 0 atom stereocenters. The van der Waals surface area contributed by atoms with E-state index in [1.807, 2.05) is 0 Å². The minimum absolute atomic E-state index is 0.0379. The normalized spacial score (nSPS) is 11.6. The van der Waals surface area contributed by atoms with Crippen molar-refractivity contribution in [1.29, 1.82) is 0 Å². The summed E-state index contributed by atoms with van der Waals surface area (Å²) in [4.78, 5) is 0. The highest BCUT2D eigenvalue weighted by Crippen LogP contribution is 2.34. The van der Waals surface area contributed by atoms with Crippen LogP contribution in [0, 0.1) is 5.82 Å². The van der Waals surface area contributed by atoms with Gasteiger partial charge >= 0.3 is 6.18 Å². The molecule has 0 saturated carbocycles. The summed E-state index contributed by atoms with van der Waals surface area (Å²) in [5.41, 5.74) is -0.272. The largest absolute Gasteiger partial charge is 0.416 e. The van der Waals surface area contributed by atoms with Gasteiger partial charge in [0.15, 0.2) is 0 Å². The van der Waals surface area contributed by atoms with Gasteiger partial charge in [-0.3, -0.25) is 0 Å². The maximum absolute atomic E-state index is 13.0. The summed E-state index contributed by atoms with van der Waals surface area (Å²) in [5, 5.41) is -0.0379. The van der Waals surface area contributed by atoms with Crippen molar-refractivity contribution in [2.75, 3.05) is 0 Å². The van der Waals surface area contributed by atoms with Crippen molar-refractivity contribution in [2.45, 2.75) is 6.18 Å². The molecule has 0 radical (unpaired) electrons. The predicted octanol–water partition coefficient (Wildman–Crippen LogP) is 5.16. The van der Waals surface area contributed by atoms with Crippen LogP contribution in [0.25, 0.3) is 11.1 Å². The molecule has 0 aliphatic rings. The van der Waals surface area contributed by atoms with E-state index in [-0.39, 0.29) is 10.6 Å². The van der Waals surface area contributed by atoms with Gasteiger partial charge in [-0.1, -0.05) is 23.7 Å². The first kappa shape index (κ1) is 12.9. The van der Waals surface area contributed by atoms with E-state index in [9.17, 15) is 17.6 Å². The molecule has 0 aliphatic heterocycles. The Morgan fingerprint density at radius 1 is 0.889 bits per heavy atom. The summed E-state index contributed by atoms with van der Waals surface area (Å²) in [6.45, 7) is 0. The molecule has 2 aromatic rings. The molecule has 94 valence electrons. The molecule has 0 saturated heterocycles. The van der Waals surface area contributed by atoms with Crippen LogP contribution in [0.5, 0.6) is 0 Å². The highest BCUT2D eigenvalue weighted by molar-refractivity contribution is 6.31. The lowest BCUT2D eigenvalue weighted by Gasteiger charge is -2.10. The molecule has 0 spiro atoms. The molecule has 5 heteroatoms. The van der Waals surface area contributed by atoms with Crippen LogP contribution in [0.15, 0.2) is 42.5 Å². The number of benzene rings is 2. The minimum atomic E-state index is -4.48. The maximum Gasteiger partial charge on any atom is 0.416 e. The van der Waals surface area contributed by atoms with Crippen molar-refractivity contribution in [3.05, 3.63) is 58.9 Å². The van der Waals surface area contributed by atoms with E-state index in [4.69, 9.17) is 11.6 Å². The van der Waals surface area contributed by atoms with Crippen LogP contribution < -0.4 is 0 Å². The summed E-state index contributed by atoms with van der Waals surface area (Å²) in [6, 6.07) is 8.48. The van der Waals surface area contributed by atoms with Gasteiger partial charge in [-0.15, -0.1) is 0 Å². The Labute approximate surface area is 106 Å². The molecule has 18 heavy (non-hydrogen) atoms. The quantitative estimate of drug-likeness (QED) is 0.630. The molecule has 0 heterocycles. The zero-order valence-electron chi connectivity index (χ0n) is 8.93. The molecule has 2 rings (SSSR count). The van der Waals surface area contributed by atoms with Crippen LogP contribution in [-0.4, -0.2) is 0 Å². The number of hydrogen-bond acceptors (Lipinski definition) is 0. The summed E-state index contributed by atoms with van der Waals surface area (Å²) >= 11 is 5.65. The van der Waals surface area contributed by atoms with Gasteiger partial charge in [-0.05, 0) is 41.5 Å². The van der Waals surface area contributed by atoms with Crippen LogP contribution in [0.1, 0.15) is 5.56 Å². The topological polar surface area (TPSA) is 0 Å². The minimum Gasteiger partial charge on any atom is -0.207 e. The third-order valence-corrected chi connectivity index (χ3v) is 2.60. The van der Waals surface area contributed by atoms with Gasteiger partial charge in [0, 0.05) is 5.02 Å². The number of rotatable bonds is 1. The average molecular weight is 275 g/mol. The smallest absolute Gasteiger partial charge is 0.207 e. The fourth-order valence-electron chi connectivity index (χ4n) is 1.59. The van der Waals surface area contributed by atoms with E-state index in [1.54, 1.807) is 0 Å². The fraction of sp³-hybridized carbons (Fsp3) is 0.0769. The SMILES string of the molecule is Fc1cccc(-c2cc(Cl)cc(C(F)(F)F)c2)c1. The van der Waals surface area contributed by atoms with Gasteiger partial charge in [-0.2, -0.15) is 13.2 Å². The van der Waals surface area contributed by atoms with Crippen molar-refractivity contribution < 1.29 is 17.6 Å². The molecule has 2 aromatic carbocycles. The van der Waals surface area contributed by atoms with Crippen LogP contribution in [0.4, 0.5) is 17.6 Å². The third kappa shape index (κ3) is 2.82. The molecular weight excluding hydrogens is 268 g/mol. The lowest BCUT2D eigenvalue weighted by Crippen LogP contribution is -2.04. The van der Waals surface area contributed by atoms with Crippen LogP contribution in [0.3, 0.4) is 0 Å². The lowest BCUT2D eigenvalue weighted by atomic mass is 10.0. The van der Waals surface area contributed by atoms with E-state index in [0.717, 1.165) is 18.2 Å². The third-order valence-electron chi connectivity index (χ3n) is 2.38. The molecule has 0 fully saturated rings. The van der Waals surface area contributed by atoms with Gasteiger partial charge in [0.05, 0.1) is 5.56 Å². The van der Waals surface area contributed by atoms with E-state index < -0.39 is 17.6 Å². The average Bonchev–Trinajstić information content (AvgIpc) is 2.27. The molecule has 0 aliphatic carbocycles. The number of alkyl halides is 3. The molecule has 0 bridgehead atoms. The van der Waals surface area contributed by atoms with Crippen LogP contribution in [-0.2, 0) is 6.18 Å².